The summed E-state index contributed by atoms with van der Waals surface area (Å²) in [6.07, 6.45) is 3.76. The standard InChI is InChI=1S/C26H28ClN3O4/c1-15-12-13-17-22(21(15)24(32)28-2)26(34)30(20(14-31)16-8-4-3-5-9-16)23(17)25(33)29-19-11-7-6-10-18(19)27/h3-13,15,17,20-23,31H,14H2,1-2H3,(H,28,32)(H,29,33)/t15-,17+,20-,21-,22-,23+/m1/s1. The molecule has 7 nitrogen and oxygen atoms in total. The van der Waals surface area contributed by atoms with E-state index in [9.17, 15) is 19.5 Å². The Morgan fingerprint density at radius 3 is 2.38 bits per heavy atom. The zero-order chi connectivity index (χ0) is 24.4. The van der Waals surface area contributed by atoms with Gasteiger partial charge in [-0.15, -0.1) is 0 Å². The Morgan fingerprint density at radius 2 is 1.74 bits per heavy atom. The van der Waals surface area contributed by atoms with Crippen molar-refractivity contribution in [1.29, 1.82) is 0 Å². The van der Waals surface area contributed by atoms with Gasteiger partial charge in [-0.1, -0.05) is 73.1 Å². The largest absolute Gasteiger partial charge is 0.394 e. The number of anilines is 1. The summed E-state index contributed by atoms with van der Waals surface area (Å²) < 4.78 is 0. The lowest BCUT2D eigenvalue weighted by atomic mass is 9.70. The molecule has 1 fully saturated rings. The molecule has 6 atom stereocenters. The summed E-state index contributed by atoms with van der Waals surface area (Å²) in [5.41, 5.74) is 1.14. The average molecular weight is 482 g/mol. The number of aliphatic hydroxyl groups is 1. The lowest BCUT2D eigenvalue weighted by molar-refractivity contribution is -0.142. The van der Waals surface area contributed by atoms with Crippen molar-refractivity contribution in [1.82, 2.24) is 10.2 Å². The van der Waals surface area contributed by atoms with Crippen LogP contribution in [-0.2, 0) is 14.4 Å². The van der Waals surface area contributed by atoms with E-state index in [4.69, 9.17) is 11.6 Å². The van der Waals surface area contributed by atoms with Crippen LogP contribution in [0.2, 0.25) is 5.02 Å². The van der Waals surface area contributed by atoms with Gasteiger partial charge in [0.1, 0.15) is 6.04 Å². The van der Waals surface area contributed by atoms with E-state index in [1.165, 1.54) is 4.90 Å². The number of fused-ring (bicyclic) bond motifs is 1. The number of carbonyl (C=O) groups excluding carboxylic acids is 3. The van der Waals surface area contributed by atoms with Crippen molar-refractivity contribution in [3.63, 3.8) is 0 Å². The summed E-state index contributed by atoms with van der Waals surface area (Å²) in [6, 6.07) is 14.3. The molecule has 0 radical (unpaired) electrons. The molecule has 0 aromatic heterocycles. The number of rotatable bonds is 6. The molecule has 3 amide bonds. The van der Waals surface area contributed by atoms with Crippen LogP contribution in [0.25, 0.3) is 0 Å². The predicted octanol–water partition coefficient (Wildman–Crippen LogP) is 3.02. The lowest BCUT2D eigenvalue weighted by Gasteiger charge is -2.33. The van der Waals surface area contributed by atoms with E-state index < -0.39 is 35.7 Å². The van der Waals surface area contributed by atoms with Crippen LogP contribution >= 0.6 is 11.6 Å². The van der Waals surface area contributed by atoms with Gasteiger partial charge in [-0.05, 0) is 23.6 Å². The van der Waals surface area contributed by atoms with Crippen LogP contribution in [0.3, 0.4) is 0 Å². The van der Waals surface area contributed by atoms with Gasteiger partial charge in [-0.2, -0.15) is 0 Å². The predicted molar refractivity (Wildman–Crippen MR) is 130 cm³/mol. The molecule has 4 rings (SSSR count). The Labute approximate surface area is 203 Å². The number of benzene rings is 2. The molecule has 2 aromatic carbocycles. The van der Waals surface area contributed by atoms with E-state index >= 15 is 0 Å². The van der Waals surface area contributed by atoms with Gasteiger partial charge >= 0.3 is 0 Å². The molecule has 8 heteroatoms. The molecule has 0 unspecified atom stereocenters. The second kappa shape index (κ2) is 9.99. The molecule has 1 heterocycles. The zero-order valence-electron chi connectivity index (χ0n) is 19.0. The molecule has 2 aromatic rings. The molecule has 3 N–H and O–H groups in total. The first-order valence-corrected chi connectivity index (χ1v) is 11.7. The first-order valence-electron chi connectivity index (χ1n) is 11.3. The van der Waals surface area contributed by atoms with E-state index in [-0.39, 0.29) is 24.3 Å². The second-order valence-corrected chi connectivity index (χ2v) is 9.16. The van der Waals surface area contributed by atoms with Crippen molar-refractivity contribution in [2.24, 2.45) is 23.7 Å². The SMILES string of the molecule is CNC(=O)[C@H]1[C@@H]2C(=O)N([C@H](CO)c3ccccc3)[C@H](C(=O)Nc3ccccc3Cl)[C@H]2C=C[C@H]1C. The molecular formula is C26H28ClN3O4. The van der Waals surface area contributed by atoms with Gasteiger partial charge in [-0.3, -0.25) is 14.4 Å². The third-order valence-electron chi connectivity index (χ3n) is 6.85. The van der Waals surface area contributed by atoms with Gasteiger partial charge in [0, 0.05) is 13.0 Å². The van der Waals surface area contributed by atoms with E-state index in [0.29, 0.717) is 16.3 Å². The molecular weight excluding hydrogens is 454 g/mol. The molecule has 0 spiro atoms. The van der Waals surface area contributed by atoms with Gasteiger partial charge in [0.25, 0.3) is 0 Å². The number of allylic oxidation sites excluding steroid dienone is 1. The molecule has 0 bridgehead atoms. The number of amides is 3. The first-order chi connectivity index (χ1) is 16.4. The van der Waals surface area contributed by atoms with Crippen LogP contribution in [0.15, 0.2) is 66.7 Å². The maximum absolute atomic E-state index is 13.9. The highest BCUT2D eigenvalue weighted by atomic mass is 35.5. The smallest absolute Gasteiger partial charge is 0.247 e. The summed E-state index contributed by atoms with van der Waals surface area (Å²) in [4.78, 5) is 41.9. The number of likely N-dealkylation sites (tertiary alicyclic amines) is 1. The van der Waals surface area contributed by atoms with Gasteiger partial charge < -0.3 is 20.6 Å². The second-order valence-electron chi connectivity index (χ2n) is 8.76. The Morgan fingerprint density at radius 1 is 1.06 bits per heavy atom. The molecule has 1 aliphatic heterocycles. The normalized spacial score (nSPS) is 26.6. The van der Waals surface area contributed by atoms with E-state index in [1.807, 2.05) is 49.4 Å². The summed E-state index contributed by atoms with van der Waals surface area (Å²) in [5, 5.41) is 16.3. The van der Waals surface area contributed by atoms with Gasteiger partial charge in [0.15, 0.2) is 0 Å². The molecule has 0 saturated carbocycles. The highest BCUT2D eigenvalue weighted by Gasteiger charge is 2.58. The Balaban J connectivity index is 1.79. The molecule has 1 aliphatic carbocycles. The zero-order valence-corrected chi connectivity index (χ0v) is 19.8. The number of nitrogens with one attached hydrogen (secondary N) is 2. The number of halogens is 1. The van der Waals surface area contributed by atoms with Crippen molar-refractivity contribution in [2.75, 3.05) is 19.0 Å². The fourth-order valence-corrected chi connectivity index (χ4v) is 5.42. The highest BCUT2D eigenvalue weighted by Crippen LogP contribution is 2.47. The molecule has 178 valence electrons. The molecule has 2 aliphatic rings. The van der Waals surface area contributed by atoms with Crippen molar-refractivity contribution in [3.8, 4) is 0 Å². The van der Waals surface area contributed by atoms with E-state index in [1.54, 1.807) is 31.3 Å². The topological polar surface area (TPSA) is 98.7 Å². The van der Waals surface area contributed by atoms with Crippen molar-refractivity contribution in [3.05, 3.63) is 77.3 Å². The third-order valence-corrected chi connectivity index (χ3v) is 7.18. The number of nitrogens with zero attached hydrogens (tertiary/aromatic N) is 1. The minimum atomic E-state index is -0.929. The Kier molecular flexibility index (Phi) is 7.05. The number of carbonyl (C=O) groups is 3. The van der Waals surface area contributed by atoms with Crippen LogP contribution in [0.5, 0.6) is 0 Å². The fourth-order valence-electron chi connectivity index (χ4n) is 5.24. The fraction of sp³-hybridized carbons (Fsp3) is 0.346. The highest BCUT2D eigenvalue weighted by molar-refractivity contribution is 6.33. The van der Waals surface area contributed by atoms with Crippen LogP contribution in [0, 0.1) is 23.7 Å². The Hall–Kier alpha value is -3.16. The maximum Gasteiger partial charge on any atom is 0.247 e. The van der Waals surface area contributed by atoms with Crippen molar-refractivity contribution >= 4 is 35.0 Å². The quantitative estimate of drug-likeness (QED) is 0.552. The van der Waals surface area contributed by atoms with Crippen LogP contribution in [0.1, 0.15) is 18.5 Å². The van der Waals surface area contributed by atoms with Crippen LogP contribution < -0.4 is 10.6 Å². The number of hydrogen-bond acceptors (Lipinski definition) is 4. The summed E-state index contributed by atoms with van der Waals surface area (Å²) in [6.45, 7) is 1.52. The first kappa shape index (κ1) is 24.0. The third kappa shape index (κ3) is 4.21. The van der Waals surface area contributed by atoms with Crippen LogP contribution in [0.4, 0.5) is 5.69 Å². The van der Waals surface area contributed by atoms with Gasteiger partial charge in [0.05, 0.1) is 35.2 Å². The lowest BCUT2D eigenvalue weighted by Crippen LogP contribution is -2.47. The monoisotopic (exact) mass is 481 g/mol. The number of aliphatic hydroxyl groups excluding tert-OH is 1. The number of hydrogen-bond donors (Lipinski definition) is 3. The van der Waals surface area contributed by atoms with Gasteiger partial charge in [-0.25, -0.2) is 0 Å². The summed E-state index contributed by atoms with van der Waals surface area (Å²) in [5.74, 6) is -3.04. The number of para-hydroxylation sites is 1. The average Bonchev–Trinajstić information content (AvgIpc) is 3.13. The molecule has 1 saturated heterocycles. The minimum Gasteiger partial charge on any atom is -0.394 e. The Bertz CT molecular complexity index is 1110. The van der Waals surface area contributed by atoms with E-state index in [2.05, 4.69) is 10.6 Å². The van der Waals surface area contributed by atoms with E-state index in [0.717, 1.165) is 0 Å². The molecule has 34 heavy (non-hydrogen) atoms. The van der Waals surface area contributed by atoms with Crippen molar-refractivity contribution in [2.45, 2.75) is 19.0 Å². The minimum absolute atomic E-state index is 0.179. The maximum atomic E-state index is 13.9. The van der Waals surface area contributed by atoms with Crippen molar-refractivity contribution < 1.29 is 19.5 Å². The van der Waals surface area contributed by atoms with Gasteiger partial charge in [0.2, 0.25) is 17.7 Å². The summed E-state index contributed by atoms with van der Waals surface area (Å²) in [7, 11) is 1.54. The summed E-state index contributed by atoms with van der Waals surface area (Å²) >= 11 is 6.26. The van der Waals surface area contributed by atoms with Crippen LogP contribution in [-0.4, -0.2) is 47.4 Å².